The van der Waals surface area contributed by atoms with Crippen LogP contribution in [0.1, 0.15) is 36.8 Å². The lowest BCUT2D eigenvalue weighted by Gasteiger charge is -2.15. The molecule has 1 aromatic heterocycles. The van der Waals surface area contributed by atoms with Gasteiger partial charge in [-0.15, -0.1) is 0 Å². The highest BCUT2D eigenvalue weighted by Crippen LogP contribution is 2.22. The van der Waals surface area contributed by atoms with Gasteiger partial charge in [-0.05, 0) is 62.1 Å². The van der Waals surface area contributed by atoms with Gasteiger partial charge in [0.05, 0.1) is 29.3 Å². The summed E-state index contributed by atoms with van der Waals surface area (Å²) in [6.07, 6.45) is 6.82. The fourth-order valence-electron chi connectivity index (χ4n) is 3.89. The van der Waals surface area contributed by atoms with Gasteiger partial charge >= 0.3 is 17.1 Å². The zero-order valence-corrected chi connectivity index (χ0v) is 20.8. The Morgan fingerprint density at radius 2 is 1.16 bits per heavy atom. The summed E-state index contributed by atoms with van der Waals surface area (Å²) < 4.78 is 2.61. The topological polar surface area (TPSA) is 154 Å². The first-order chi connectivity index (χ1) is 18.3. The predicted molar refractivity (Wildman–Crippen MR) is 138 cm³/mol. The molecule has 0 N–H and O–H groups in total. The largest absolute Gasteiger partial charge is 0.345 e. The van der Waals surface area contributed by atoms with Crippen LogP contribution in [0.25, 0.3) is 11.4 Å². The smallest absolute Gasteiger partial charge is 0.247 e. The Labute approximate surface area is 216 Å². The van der Waals surface area contributed by atoms with Crippen molar-refractivity contribution in [1.82, 2.24) is 13.7 Å². The average molecular weight is 517 g/mol. The van der Waals surface area contributed by atoms with Crippen molar-refractivity contribution in [3.63, 3.8) is 0 Å². The molecule has 0 radical (unpaired) electrons. The molecular formula is C26H24N6O6. The van der Waals surface area contributed by atoms with Crippen LogP contribution in [0.2, 0.25) is 0 Å². The van der Waals surface area contributed by atoms with Crippen molar-refractivity contribution in [2.24, 2.45) is 15.0 Å². The Morgan fingerprint density at radius 1 is 0.658 bits per heavy atom. The molecule has 12 heteroatoms. The van der Waals surface area contributed by atoms with E-state index >= 15 is 0 Å². The number of hydrogen-bond donors (Lipinski definition) is 0. The van der Waals surface area contributed by atoms with Crippen molar-refractivity contribution in [2.75, 3.05) is 6.54 Å². The summed E-state index contributed by atoms with van der Waals surface area (Å²) in [5, 5.41) is 0. The number of isocyanates is 3. The zero-order chi connectivity index (χ0) is 27.7. The number of rotatable bonds is 11. The maximum Gasteiger partial charge on any atom is 0.345 e. The van der Waals surface area contributed by atoms with Gasteiger partial charge in [0.2, 0.25) is 18.2 Å². The standard InChI is InChI=1S/C26H24N6O6/c1-18-7-9-20(13-22(18)28-16-34)31-24(36)30(12-6-4-3-5-11-27-15-33)25(37)32(26(31)38)21-10-8-19(2)23(14-21)29-17-35/h7-10,13-14H,3-6,11-12H2,1-2H3. The number of aromatic nitrogens is 3. The molecule has 0 aliphatic heterocycles. The molecule has 0 fully saturated rings. The molecule has 0 aliphatic carbocycles. The van der Waals surface area contributed by atoms with Crippen LogP contribution in [0.4, 0.5) is 11.4 Å². The van der Waals surface area contributed by atoms with E-state index in [0.717, 1.165) is 13.7 Å². The summed E-state index contributed by atoms with van der Waals surface area (Å²) in [6, 6.07) is 8.95. The van der Waals surface area contributed by atoms with Gasteiger partial charge in [0.15, 0.2) is 0 Å². The SMILES string of the molecule is Cc1ccc(-n2c(=O)n(CCCCCCN=C=O)c(=O)n(-c3ccc(C)c(N=C=O)c3)c2=O)cc1N=C=O. The monoisotopic (exact) mass is 516 g/mol. The van der Waals surface area contributed by atoms with Crippen LogP contribution in [-0.2, 0) is 20.9 Å². The van der Waals surface area contributed by atoms with Crippen molar-refractivity contribution in [3.05, 3.63) is 79.0 Å². The highest BCUT2D eigenvalue weighted by atomic mass is 16.2. The summed E-state index contributed by atoms with van der Waals surface area (Å²) in [5.74, 6) is 0. The fourth-order valence-corrected chi connectivity index (χ4v) is 3.89. The molecule has 12 nitrogen and oxygen atoms in total. The van der Waals surface area contributed by atoms with E-state index < -0.39 is 17.1 Å². The third kappa shape index (κ3) is 6.03. The Bertz CT molecular complexity index is 1570. The van der Waals surface area contributed by atoms with Crippen LogP contribution in [0, 0.1) is 13.8 Å². The summed E-state index contributed by atoms with van der Waals surface area (Å²) in [4.78, 5) is 83.2. The molecule has 38 heavy (non-hydrogen) atoms. The summed E-state index contributed by atoms with van der Waals surface area (Å²) in [5.41, 5.74) is -0.792. The van der Waals surface area contributed by atoms with Crippen LogP contribution in [0.3, 0.4) is 0 Å². The first-order valence-corrected chi connectivity index (χ1v) is 11.7. The van der Waals surface area contributed by atoms with Crippen molar-refractivity contribution >= 4 is 29.6 Å². The van der Waals surface area contributed by atoms with E-state index in [2.05, 4.69) is 15.0 Å². The Balaban J connectivity index is 2.21. The molecule has 0 saturated carbocycles. The lowest BCUT2D eigenvalue weighted by molar-refractivity contribution is 0.503. The summed E-state index contributed by atoms with van der Waals surface area (Å²) in [6.45, 7) is 3.76. The minimum atomic E-state index is -0.947. The molecule has 0 amide bonds. The molecular weight excluding hydrogens is 492 g/mol. The van der Waals surface area contributed by atoms with Crippen LogP contribution in [0.5, 0.6) is 0 Å². The van der Waals surface area contributed by atoms with Gasteiger partial charge in [-0.25, -0.2) is 47.5 Å². The number of aryl methyl sites for hydroxylation is 2. The second-order valence-electron chi connectivity index (χ2n) is 8.41. The van der Waals surface area contributed by atoms with Crippen LogP contribution in [-0.4, -0.2) is 38.5 Å². The quantitative estimate of drug-likeness (QED) is 0.217. The van der Waals surface area contributed by atoms with Gasteiger partial charge < -0.3 is 0 Å². The zero-order valence-electron chi connectivity index (χ0n) is 20.8. The van der Waals surface area contributed by atoms with Gasteiger partial charge in [0.25, 0.3) is 0 Å². The highest BCUT2D eigenvalue weighted by molar-refractivity contribution is 5.59. The van der Waals surface area contributed by atoms with Crippen molar-refractivity contribution in [1.29, 1.82) is 0 Å². The van der Waals surface area contributed by atoms with Crippen LogP contribution < -0.4 is 17.1 Å². The molecule has 3 rings (SSSR count). The molecule has 0 saturated heterocycles. The summed E-state index contributed by atoms with van der Waals surface area (Å²) in [7, 11) is 0. The Hall–Kier alpha value is -5.01. The van der Waals surface area contributed by atoms with Gasteiger partial charge in [-0.3, -0.25) is 0 Å². The van der Waals surface area contributed by atoms with Crippen LogP contribution in [0.15, 0.2) is 65.8 Å². The minimum Gasteiger partial charge on any atom is -0.247 e. The molecule has 1 heterocycles. The van der Waals surface area contributed by atoms with Crippen molar-refractivity contribution < 1.29 is 14.4 Å². The van der Waals surface area contributed by atoms with E-state index in [1.807, 2.05) is 0 Å². The highest BCUT2D eigenvalue weighted by Gasteiger charge is 2.19. The van der Waals surface area contributed by atoms with E-state index in [1.54, 1.807) is 26.0 Å². The molecule has 0 spiro atoms. The first-order valence-electron chi connectivity index (χ1n) is 11.7. The number of benzene rings is 2. The Morgan fingerprint density at radius 3 is 1.63 bits per heavy atom. The third-order valence-corrected chi connectivity index (χ3v) is 5.93. The lowest BCUT2D eigenvalue weighted by Crippen LogP contribution is -2.53. The lowest BCUT2D eigenvalue weighted by atomic mass is 10.2. The normalized spacial score (nSPS) is 10.3. The van der Waals surface area contributed by atoms with Gasteiger partial charge in [-0.1, -0.05) is 25.0 Å². The predicted octanol–water partition coefficient (Wildman–Crippen LogP) is 2.60. The molecule has 3 aromatic rings. The summed E-state index contributed by atoms with van der Waals surface area (Å²) >= 11 is 0. The van der Waals surface area contributed by atoms with E-state index in [0.29, 0.717) is 43.4 Å². The number of hydrogen-bond acceptors (Lipinski definition) is 9. The van der Waals surface area contributed by atoms with E-state index in [1.165, 1.54) is 42.5 Å². The van der Waals surface area contributed by atoms with Gasteiger partial charge in [-0.2, -0.15) is 9.98 Å². The first kappa shape index (κ1) is 27.6. The van der Waals surface area contributed by atoms with E-state index in [-0.39, 0.29) is 29.3 Å². The average Bonchev–Trinajstić information content (AvgIpc) is 2.89. The molecule has 0 aliphatic rings. The number of carbonyl (C=O) groups excluding carboxylic acids is 3. The molecule has 2 aromatic carbocycles. The second kappa shape index (κ2) is 12.8. The maximum atomic E-state index is 13.6. The van der Waals surface area contributed by atoms with Crippen molar-refractivity contribution in [2.45, 2.75) is 46.1 Å². The maximum absolute atomic E-state index is 13.6. The van der Waals surface area contributed by atoms with Crippen molar-refractivity contribution in [3.8, 4) is 11.4 Å². The fraction of sp³-hybridized carbons (Fsp3) is 0.308. The molecule has 0 unspecified atom stereocenters. The number of unbranched alkanes of at least 4 members (excludes halogenated alkanes) is 3. The molecule has 0 atom stereocenters. The molecule has 0 bridgehead atoms. The third-order valence-electron chi connectivity index (χ3n) is 5.93. The van der Waals surface area contributed by atoms with E-state index in [4.69, 9.17) is 0 Å². The second-order valence-corrected chi connectivity index (χ2v) is 8.41. The van der Waals surface area contributed by atoms with E-state index in [9.17, 15) is 28.8 Å². The van der Waals surface area contributed by atoms with Gasteiger partial charge in [0, 0.05) is 6.54 Å². The Kier molecular flexibility index (Phi) is 9.29. The van der Waals surface area contributed by atoms with Gasteiger partial charge in [0.1, 0.15) is 0 Å². The number of aliphatic imine (C=N–C) groups is 3. The minimum absolute atomic E-state index is 0.0192. The van der Waals surface area contributed by atoms with Crippen LogP contribution >= 0.6 is 0 Å². The number of nitrogens with zero attached hydrogens (tertiary/aromatic N) is 6. The molecule has 194 valence electrons.